The van der Waals surface area contributed by atoms with E-state index < -0.39 is 0 Å². The van der Waals surface area contributed by atoms with Gasteiger partial charge in [0.05, 0.1) is 25.1 Å². The summed E-state index contributed by atoms with van der Waals surface area (Å²) in [5.41, 5.74) is 0. The monoisotopic (exact) mass is 396 g/mol. The predicted molar refractivity (Wildman–Crippen MR) is 111 cm³/mol. The summed E-state index contributed by atoms with van der Waals surface area (Å²) in [5.74, 6) is 6.40. The fourth-order valence-electron chi connectivity index (χ4n) is 1.26. The molecule has 0 saturated heterocycles. The molecular weight excluding hydrogens is 360 g/mol. The maximum Gasteiger partial charge on any atom is 0.246 e. The van der Waals surface area contributed by atoms with Crippen LogP contribution in [0.2, 0.25) is 0 Å². The van der Waals surface area contributed by atoms with Gasteiger partial charge in [-0.3, -0.25) is 9.59 Å². The zero-order valence-corrected chi connectivity index (χ0v) is 17.8. The van der Waals surface area contributed by atoms with E-state index in [-0.39, 0.29) is 26.6 Å². The average Bonchev–Trinajstić information content (AvgIpc) is 2.55. The zero-order valence-electron chi connectivity index (χ0n) is 16.1. The molecule has 25 heavy (non-hydrogen) atoms. The van der Waals surface area contributed by atoms with E-state index in [4.69, 9.17) is 9.47 Å². The van der Waals surface area contributed by atoms with E-state index in [1.807, 2.05) is 34.6 Å². The minimum absolute atomic E-state index is 0. The maximum atomic E-state index is 11.4. The Labute approximate surface area is 163 Å². The standard InChI is InChI=1S/C15H26N2O4S2.C2H6.2H2/c1-12(2)6-5-7-16-15(19)10-20-8-9-21-11-22-23-14(4)17-13(3)18;1-2;;/h12,14H,7-11H2,1-4H3,(H,16,19)(H,17,18);1-2H3;2*1H. The smallest absolute Gasteiger partial charge is 0.246 e. The Morgan fingerprint density at radius 1 is 1.16 bits per heavy atom. The van der Waals surface area contributed by atoms with Gasteiger partial charge in [0, 0.05) is 15.7 Å². The number of ether oxygens (including phenoxy) is 2. The van der Waals surface area contributed by atoms with Crippen LogP contribution in [0, 0.1) is 17.8 Å². The van der Waals surface area contributed by atoms with Gasteiger partial charge in [-0.05, 0) is 6.92 Å². The lowest BCUT2D eigenvalue weighted by atomic mass is 10.2. The van der Waals surface area contributed by atoms with Crippen LogP contribution in [0.4, 0.5) is 0 Å². The van der Waals surface area contributed by atoms with E-state index >= 15 is 0 Å². The van der Waals surface area contributed by atoms with Crippen molar-refractivity contribution in [2.75, 3.05) is 32.3 Å². The molecule has 0 spiro atoms. The molecule has 0 saturated carbocycles. The molecule has 1 atom stereocenters. The zero-order chi connectivity index (χ0) is 19.5. The molecule has 0 aromatic heterocycles. The first-order valence-electron chi connectivity index (χ1n) is 8.37. The summed E-state index contributed by atoms with van der Waals surface area (Å²) in [4.78, 5) is 22.2. The lowest BCUT2D eigenvalue weighted by molar-refractivity contribution is -0.125. The van der Waals surface area contributed by atoms with Crippen molar-refractivity contribution in [3.8, 4) is 11.8 Å². The largest absolute Gasteiger partial charge is 0.369 e. The van der Waals surface area contributed by atoms with Crippen molar-refractivity contribution in [3.05, 3.63) is 0 Å². The number of carbonyl (C=O) groups excluding carboxylic acids is 2. The first-order valence-corrected chi connectivity index (χ1v) is 10.8. The summed E-state index contributed by atoms with van der Waals surface area (Å²) in [5, 5.41) is 5.46. The molecule has 2 N–H and O–H groups in total. The lowest BCUT2D eigenvalue weighted by Crippen LogP contribution is -2.28. The second kappa shape index (κ2) is 19.4. The summed E-state index contributed by atoms with van der Waals surface area (Å²) < 4.78 is 10.5. The molecular formula is C17H36N2O4S2. The highest BCUT2D eigenvalue weighted by Crippen LogP contribution is 2.24. The third-order valence-electron chi connectivity index (χ3n) is 2.12. The summed E-state index contributed by atoms with van der Waals surface area (Å²) in [7, 11) is 3.04. The van der Waals surface area contributed by atoms with E-state index in [9.17, 15) is 9.59 Å². The third kappa shape index (κ3) is 23.1. The van der Waals surface area contributed by atoms with Crippen LogP contribution >= 0.6 is 21.6 Å². The van der Waals surface area contributed by atoms with Crippen LogP contribution < -0.4 is 10.6 Å². The molecule has 0 heterocycles. The second-order valence-corrected chi connectivity index (χ2v) is 7.54. The molecule has 0 aliphatic rings. The SMILES string of the molecule is CC.CC(=O)NC(C)SSCOCCOCC(=O)NCC#CC(C)C.[HH].[HH]. The van der Waals surface area contributed by atoms with Crippen molar-refractivity contribution in [2.45, 2.75) is 46.9 Å². The minimum Gasteiger partial charge on any atom is -0.369 e. The Bertz CT molecular complexity index is 419. The van der Waals surface area contributed by atoms with E-state index in [1.54, 1.807) is 0 Å². The van der Waals surface area contributed by atoms with Gasteiger partial charge < -0.3 is 20.1 Å². The van der Waals surface area contributed by atoms with Gasteiger partial charge in [0.1, 0.15) is 12.5 Å². The van der Waals surface area contributed by atoms with Gasteiger partial charge in [-0.2, -0.15) is 0 Å². The molecule has 1 unspecified atom stereocenters. The molecule has 2 amide bonds. The molecule has 0 radical (unpaired) electrons. The van der Waals surface area contributed by atoms with Crippen LogP contribution in [0.15, 0.2) is 0 Å². The molecule has 0 aliphatic heterocycles. The van der Waals surface area contributed by atoms with Crippen LogP contribution in [0.1, 0.15) is 44.4 Å². The van der Waals surface area contributed by atoms with Gasteiger partial charge in [0.15, 0.2) is 0 Å². The summed E-state index contributed by atoms with van der Waals surface area (Å²) in [6, 6.07) is 0. The fourth-order valence-corrected chi connectivity index (χ4v) is 3.05. The summed E-state index contributed by atoms with van der Waals surface area (Å²) in [6.07, 6.45) is 0. The highest BCUT2D eigenvalue weighted by Gasteiger charge is 2.04. The van der Waals surface area contributed by atoms with Crippen LogP contribution in [0.25, 0.3) is 0 Å². The van der Waals surface area contributed by atoms with Gasteiger partial charge in [0.25, 0.3) is 0 Å². The van der Waals surface area contributed by atoms with Gasteiger partial charge in [-0.25, -0.2) is 0 Å². The Kier molecular flexibility index (Phi) is 20.5. The maximum absolute atomic E-state index is 11.4. The highest BCUT2D eigenvalue weighted by atomic mass is 33.1. The summed E-state index contributed by atoms with van der Waals surface area (Å²) in [6.45, 7) is 12.5. The number of amides is 2. The second-order valence-electron chi connectivity index (χ2n) is 4.89. The molecule has 0 fully saturated rings. The van der Waals surface area contributed by atoms with Crippen molar-refractivity contribution >= 4 is 33.4 Å². The average molecular weight is 397 g/mol. The quantitative estimate of drug-likeness (QED) is 0.242. The Morgan fingerprint density at radius 2 is 1.80 bits per heavy atom. The minimum atomic E-state index is -0.183. The molecule has 8 heteroatoms. The Morgan fingerprint density at radius 3 is 2.40 bits per heavy atom. The highest BCUT2D eigenvalue weighted by molar-refractivity contribution is 8.76. The van der Waals surface area contributed by atoms with E-state index in [0.717, 1.165) is 0 Å². The number of rotatable bonds is 11. The Hall–Kier alpha value is -0.880. The van der Waals surface area contributed by atoms with E-state index in [0.29, 0.717) is 31.6 Å². The molecule has 150 valence electrons. The van der Waals surface area contributed by atoms with Crippen molar-refractivity contribution in [1.82, 2.24) is 10.6 Å². The molecule has 6 nitrogen and oxygen atoms in total. The molecule has 0 rings (SSSR count). The number of hydrogen-bond acceptors (Lipinski definition) is 6. The molecule has 0 aromatic carbocycles. The van der Waals surface area contributed by atoms with Gasteiger partial charge in [0.2, 0.25) is 11.8 Å². The van der Waals surface area contributed by atoms with Gasteiger partial charge in [-0.15, -0.1) is 0 Å². The molecule has 0 aromatic rings. The first kappa shape index (κ1) is 26.4. The van der Waals surface area contributed by atoms with Crippen LogP contribution in [0.5, 0.6) is 0 Å². The van der Waals surface area contributed by atoms with E-state index in [1.165, 1.54) is 28.5 Å². The summed E-state index contributed by atoms with van der Waals surface area (Å²) >= 11 is 0. The molecule has 0 bridgehead atoms. The topological polar surface area (TPSA) is 76.7 Å². The van der Waals surface area contributed by atoms with Crippen molar-refractivity contribution in [2.24, 2.45) is 5.92 Å². The molecule has 0 aliphatic carbocycles. The fraction of sp³-hybridized carbons (Fsp3) is 0.765. The van der Waals surface area contributed by atoms with Gasteiger partial charge in [-0.1, -0.05) is 61.1 Å². The normalized spacial score (nSPS) is 10.8. The van der Waals surface area contributed by atoms with Crippen molar-refractivity contribution in [1.29, 1.82) is 0 Å². The lowest BCUT2D eigenvalue weighted by Gasteiger charge is -2.11. The van der Waals surface area contributed by atoms with E-state index in [2.05, 4.69) is 22.5 Å². The third-order valence-corrected chi connectivity index (χ3v) is 4.49. The van der Waals surface area contributed by atoms with Gasteiger partial charge >= 0.3 is 0 Å². The Balaban J connectivity index is -0.000000637. The van der Waals surface area contributed by atoms with Crippen molar-refractivity contribution < 1.29 is 21.9 Å². The number of hydrogen-bond donors (Lipinski definition) is 2. The predicted octanol–water partition coefficient (Wildman–Crippen LogP) is 3.13. The van der Waals surface area contributed by atoms with Crippen molar-refractivity contribution in [3.63, 3.8) is 0 Å². The number of carbonyl (C=O) groups is 2. The first-order chi connectivity index (χ1) is 11.9. The van der Waals surface area contributed by atoms with Crippen LogP contribution in [-0.4, -0.2) is 49.5 Å². The number of nitrogens with one attached hydrogen (secondary N) is 2. The van der Waals surface area contributed by atoms with Crippen LogP contribution in [-0.2, 0) is 19.1 Å². The van der Waals surface area contributed by atoms with Crippen LogP contribution in [0.3, 0.4) is 0 Å².